The Labute approximate surface area is 77.7 Å². The first-order chi connectivity index (χ1) is 5.66. The van der Waals surface area contributed by atoms with E-state index in [0.717, 1.165) is 12.5 Å². The highest BCUT2D eigenvalue weighted by molar-refractivity contribution is 6.55. The zero-order chi connectivity index (χ0) is 9.40. The van der Waals surface area contributed by atoms with Crippen LogP contribution in [0.2, 0.25) is 16.9 Å². The van der Waals surface area contributed by atoms with Gasteiger partial charge < -0.3 is 0 Å². The lowest BCUT2D eigenvalue weighted by Crippen LogP contribution is -2.05. The minimum atomic E-state index is -0.531. The van der Waals surface area contributed by atoms with Gasteiger partial charge >= 0.3 is 5.97 Å². The van der Waals surface area contributed by atoms with Gasteiger partial charge in [0, 0.05) is 6.08 Å². The van der Waals surface area contributed by atoms with Gasteiger partial charge in [-0.3, -0.25) is 4.89 Å². The Morgan fingerprint density at radius 2 is 2.25 bits per heavy atom. The van der Waals surface area contributed by atoms with Crippen LogP contribution in [0.4, 0.5) is 0 Å². The smallest absolute Gasteiger partial charge is 0.294 e. The Balaban J connectivity index is 3.11. The van der Waals surface area contributed by atoms with Crippen molar-refractivity contribution in [3.63, 3.8) is 0 Å². The number of rotatable bonds is 6. The molecule has 0 amide bonds. The predicted octanol–water partition coefficient (Wildman–Crippen LogP) is 1.79. The molecule has 12 heavy (non-hydrogen) atoms. The molecular weight excluding hydrogens is 171 g/mol. The number of carbonyl (C=O) groups excluding carboxylic acids is 1. The fourth-order valence-electron chi connectivity index (χ4n) is 0.684. The maximum Gasteiger partial charge on any atom is 0.365 e. The summed E-state index contributed by atoms with van der Waals surface area (Å²) in [6, 6.07) is 0. The van der Waals surface area contributed by atoms with Crippen LogP contribution >= 0.6 is 0 Å². The lowest BCUT2D eigenvalue weighted by molar-refractivity contribution is -0.267. The molecule has 0 radical (unpaired) electrons. The summed E-state index contributed by atoms with van der Waals surface area (Å²) in [6.45, 7) is 3.73. The molecule has 0 aromatic carbocycles. The molecule has 0 aromatic heterocycles. The molecule has 0 N–H and O–H groups in total. The molecule has 0 aromatic rings. The van der Waals surface area contributed by atoms with E-state index in [0.29, 0.717) is 6.61 Å². The topological polar surface area (TPSA) is 35.5 Å². The third kappa shape index (κ3) is 7.81. The van der Waals surface area contributed by atoms with E-state index < -0.39 is 20.1 Å². The number of carbonyl (C=O) groups is 1. The summed E-state index contributed by atoms with van der Waals surface area (Å²) in [5, 5.41) is 1.21. The summed E-state index contributed by atoms with van der Waals surface area (Å²) in [4.78, 5) is 19.4. The van der Waals surface area contributed by atoms with Crippen molar-refractivity contribution in [1.29, 1.82) is 0 Å². The maximum atomic E-state index is 10.5. The Bertz CT molecular complexity index is 145. The molecule has 4 heteroatoms. The molecule has 0 saturated heterocycles. The van der Waals surface area contributed by atoms with Crippen LogP contribution in [-0.2, 0) is 14.6 Å². The quantitative estimate of drug-likeness (QED) is 0.208. The first-order valence-electron chi connectivity index (χ1n) is 4.12. The summed E-state index contributed by atoms with van der Waals surface area (Å²) in [7, 11) is 0. The van der Waals surface area contributed by atoms with Gasteiger partial charge in [0.05, 0.1) is 6.61 Å². The predicted molar refractivity (Wildman–Crippen MR) is 49.1 cm³/mol. The second kappa shape index (κ2) is 7.36. The average Bonchev–Trinajstić information content (AvgIpc) is 2.03. The second-order valence-electron chi connectivity index (χ2n) is 2.96. The van der Waals surface area contributed by atoms with Gasteiger partial charge in [-0.15, -0.1) is 11.6 Å². The summed E-state index contributed by atoms with van der Waals surface area (Å²) >= 11 is -0.486. The third-order valence-electron chi connectivity index (χ3n) is 1.32. The van der Waals surface area contributed by atoms with Gasteiger partial charge in [-0.2, -0.15) is 4.89 Å². The van der Waals surface area contributed by atoms with Gasteiger partial charge in [-0.1, -0.05) is 11.9 Å². The van der Waals surface area contributed by atoms with Crippen LogP contribution in [-0.4, -0.2) is 26.7 Å². The van der Waals surface area contributed by atoms with Gasteiger partial charge in [0.25, 0.3) is 14.1 Å². The maximum absolute atomic E-state index is 10.5. The van der Waals surface area contributed by atoms with Crippen LogP contribution < -0.4 is 0 Å². The fraction of sp³-hybridized carbons (Fsp3) is 0.625. The minimum absolute atomic E-state index is 0.486. The van der Waals surface area contributed by atoms with Crippen LogP contribution in [0.25, 0.3) is 0 Å². The summed E-state index contributed by atoms with van der Waals surface area (Å²) in [5.74, 6) is 4.02. The molecule has 0 aliphatic heterocycles. The Hall–Kier alpha value is -0.298. The molecular formula is C8H15AlO3. The van der Waals surface area contributed by atoms with Gasteiger partial charge in [-0.25, -0.2) is 4.79 Å². The molecule has 0 unspecified atom stereocenters. The van der Waals surface area contributed by atoms with E-state index >= 15 is 0 Å². The van der Waals surface area contributed by atoms with E-state index in [4.69, 9.17) is 0 Å². The Morgan fingerprint density at radius 1 is 1.58 bits per heavy atom. The van der Waals surface area contributed by atoms with E-state index in [2.05, 4.69) is 27.9 Å². The third-order valence-corrected chi connectivity index (χ3v) is 2.88. The summed E-state index contributed by atoms with van der Waals surface area (Å²) < 4.78 is 0. The van der Waals surface area contributed by atoms with Gasteiger partial charge in [0.1, 0.15) is 0 Å². The molecule has 0 fully saturated rings. The van der Waals surface area contributed by atoms with Crippen LogP contribution in [0.5, 0.6) is 0 Å². The SMILES string of the molecule is C=CC(=O)OOCC[CH2][Al]([CH3])[CH3]. The Morgan fingerprint density at radius 3 is 2.75 bits per heavy atom. The van der Waals surface area contributed by atoms with E-state index in [1.165, 1.54) is 5.28 Å². The van der Waals surface area contributed by atoms with E-state index in [-0.39, 0.29) is 0 Å². The van der Waals surface area contributed by atoms with Crippen molar-refractivity contribution in [2.24, 2.45) is 0 Å². The van der Waals surface area contributed by atoms with Crippen molar-refractivity contribution in [3.05, 3.63) is 12.7 Å². The van der Waals surface area contributed by atoms with Crippen molar-refractivity contribution < 1.29 is 14.6 Å². The molecule has 0 rings (SSSR count). The number of hydrogen-bond acceptors (Lipinski definition) is 3. The summed E-state index contributed by atoms with van der Waals surface area (Å²) in [5.41, 5.74) is 0. The molecule has 0 bridgehead atoms. The van der Waals surface area contributed by atoms with Crippen LogP contribution in [0, 0.1) is 0 Å². The molecule has 0 atom stereocenters. The highest BCUT2D eigenvalue weighted by atomic mass is 27.2. The average molecular weight is 186 g/mol. The van der Waals surface area contributed by atoms with Gasteiger partial charge in [-0.05, 0) is 6.42 Å². The highest BCUT2D eigenvalue weighted by Gasteiger charge is 2.01. The Kier molecular flexibility index (Phi) is 7.17. The van der Waals surface area contributed by atoms with Crippen molar-refractivity contribution in [3.8, 4) is 0 Å². The minimum Gasteiger partial charge on any atom is -0.294 e. The molecule has 0 aliphatic carbocycles. The summed E-state index contributed by atoms with van der Waals surface area (Å²) in [6.07, 6.45) is 2.05. The molecule has 0 aliphatic rings. The monoisotopic (exact) mass is 186 g/mol. The van der Waals surface area contributed by atoms with E-state index in [9.17, 15) is 4.79 Å². The van der Waals surface area contributed by atoms with E-state index in [1.54, 1.807) is 0 Å². The second-order valence-corrected chi connectivity index (χ2v) is 6.33. The molecule has 0 heterocycles. The van der Waals surface area contributed by atoms with Gasteiger partial charge in [0.2, 0.25) is 0 Å². The molecule has 68 valence electrons. The van der Waals surface area contributed by atoms with Gasteiger partial charge in [0.15, 0.2) is 0 Å². The van der Waals surface area contributed by atoms with Crippen LogP contribution in [0.15, 0.2) is 12.7 Å². The van der Waals surface area contributed by atoms with Crippen molar-refractivity contribution in [2.75, 3.05) is 6.61 Å². The lowest BCUT2D eigenvalue weighted by Gasteiger charge is -2.00. The largest absolute Gasteiger partial charge is 0.365 e. The molecule has 0 saturated carbocycles. The van der Waals surface area contributed by atoms with E-state index in [1.807, 2.05) is 0 Å². The molecule has 3 nitrogen and oxygen atoms in total. The first-order valence-corrected chi connectivity index (χ1v) is 7.25. The first kappa shape index (κ1) is 11.7. The fourth-order valence-corrected chi connectivity index (χ4v) is 1.67. The normalized spacial score (nSPS) is 9.17. The van der Waals surface area contributed by atoms with Crippen molar-refractivity contribution >= 4 is 20.1 Å². The molecule has 0 spiro atoms. The van der Waals surface area contributed by atoms with Crippen molar-refractivity contribution in [2.45, 2.75) is 23.3 Å². The number of hydrogen-bond donors (Lipinski definition) is 0. The van der Waals surface area contributed by atoms with Crippen LogP contribution in [0.1, 0.15) is 6.42 Å². The lowest BCUT2D eigenvalue weighted by atomic mass is 10.5. The zero-order valence-electron chi connectivity index (χ0n) is 7.71. The highest BCUT2D eigenvalue weighted by Crippen LogP contribution is 1.97. The standard InChI is InChI=1S/C6H9O3.2CH3.Al/c1-3-5-8-9-6(7)4-2;;;/h4H,1-3,5H2;2*1H3;. The van der Waals surface area contributed by atoms with Crippen molar-refractivity contribution in [1.82, 2.24) is 0 Å². The zero-order valence-corrected chi connectivity index (χ0v) is 8.86. The van der Waals surface area contributed by atoms with Crippen LogP contribution in [0.3, 0.4) is 0 Å².